The van der Waals surface area contributed by atoms with E-state index >= 15 is 0 Å². The van der Waals surface area contributed by atoms with E-state index in [1.807, 2.05) is 24.0 Å². The summed E-state index contributed by atoms with van der Waals surface area (Å²) in [5.74, 6) is -0.190. The Morgan fingerprint density at radius 2 is 1.83 bits per heavy atom. The summed E-state index contributed by atoms with van der Waals surface area (Å²) in [6.45, 7) is 3.61. The molecule has 2 aliphatic rings. The van der Waals surface area contributed by atoms with E-state index in [4.69, 9.17) is 11.6 Å². The third-order valence-corrected chi connectivity index (χ3v) is 5.04. The number of aryl methyl sites for hydroxylation is 1. The molecule has 1 aromatic rings. The Hall–Kier alpha value is -1.55. The molecule has 0 bridgehead atoms. The minimum atomic E-state index is -0.180. The topological polar surface area (TPSA) is 49.4 Å². The van der Waals surface area contributed by atoms with Gasteiger partial charge in [-0.15, -0.1) is 0 Å². The Bertz CT molecular complexity index is 609. The summed E-state index contributed by atoms with van der Waals surface area (Å²) in [7, 11) is 0. The maximum atomic E-state index is 12.5. The van der Waals surface area contributed by atoms with Gasteiger partial charge < -0.3 is 10.2 Å². The molecule has 23 heavy (non-hydrogen) atoms. The normalized spacial score (nSPS) is 24.0. The van der Waals surface area contributed by atoms with Crippen LogP contribution in [0.5, 0.6) is 0 Å². The molecule has 3 rings (SSSR count). The van der Waals surface area contributed by atoms with E-state index in [-0.39, 0.29) is 23.7 Å². The molecule has 2 unspecified atom stereocenters. The van der Waals surface area contributed by atoms with Gasteiger partial charge in [-0.05, 0) is 49.9 Å². The van der Waals surface area contributed by atoms with Crippen LogP contribution >= 0.6 is 11.6 Å². The first-order valence-electron chi connectivity index (χ1n) is 8.42. The molecule has 1 N–H and O–H groups in total. The van der Waals surface area contributed by atoms with Crippen LogP contribution in [-0.4, -0.2) is 29.8 Å². The van der Waals surface area contributed by atoms with E-state index in [0.29, 0.717) is 11.4 Å². The lowest BCUT2D eigenvalue weighted by Gasteiger charge is -2.20. The van der Waals surface area contributed by atoms with E-state index in [1.165, 1.54) is 12.8 Å². The molecule has 2 fully saturated rings. The van der Waals surface area contributed by atoms with Crippen LogP contribution in [0.2, 0.25) is 5.02 Å². The second kappa shape index (κ2) is 6.91. The van der Waals surface area contributed by atoms with Crippen LogP contribution in [0.15, 0.2) is 18.2 Å². The quantitative estimate of drug-likeness (QED) is 0.917. The molecular formula is C18H23ClN2O2. The fraction of sp³-hybridized carbons (Fsp3) is 0.556. The fourth-order valence-corrected chi connectivity index (χ4v) is 3.50. The van der Waals surface area contributed by atoms with E-state index in [9.17, 15) is 9.59 Å². The molecule has 1 aliphatic heterocycles. The van der Waals surface area contributed by atoms with Crippen molar-refractivity contribution >= 4 is 29.1 Å². The van der Waals surface area contributed by atoms with Crippen molar-refractivity contribution in [1.82, 2.24) is 4.90 Å². The molecule has 5 heteroatoms. The van der Waals surface area contributed by atoms with Crippen molar-refractivity contribution in [1.29, 1.82) is 0 Å². The number of nitrogens with one attached hydrogen (secondary N) is 1. The van der Waals surface area contributed by atoms with Gasteiger partial charge in [0.1, 0.15) is 0 Å². The Labute approximate surface area is 142 Å². The summed E-state index contributed by atoms with van der Waals surface area (Å²) in [6.07, 6.45) is 5.24. The zero-order valence-corrected chi connectivity index (χ0v) is 14.2. The highest BCUT2D eigenvalue weighted by Crippen LogP contribution is 2.41. The standard InChI is InChI=1S/C18H23ClN2O2/c1-12-10-13(19)6-7-16(12)20-17(22)14-11-15(14)18(23)21-8-4-2-3-5-9-21/h6-7,10,14-15H,2-5,8-9,11H2,1H3,(H,20,22). The molecule has 1 aromatic carbocycles. The number of nitrogens with zero attached hydrogens (tertiary/aromatic N) is 1. The summed E-state index contributed by atoms with van der Waals surface area (Å²) in [6, 6.07) is 5.39. The van der Waals surface area contributed by atoms with Gasteiger partial charge in [-0.2, -0.15) is 0 Å². The van der Waals surface area contributed by atoms with Crippen LogP contribution in [0.3, 0.4) is 0 Å². The number of halogens is 1. The van der Waals surface area contributed by atoms with E-state index in [0.717, 1.165) is 37.2 Å². The first-order valence-corrected chi connectivity index (χ1v) is 8.80. The number of benzene rings is 1. The molecule has 4 nitrogen and oxygen atoms in total. The predicted molar refractivity (Wildman–Crippen MR) is 91.5 cm³/mol. The van der Waals surface area contributed by atoms with Gasteiger partial charge in [0.05, 0.1) is 11.8 Å². The van der Waals surface area contributed by atoms with Crippen LogP contribution in [0.25, 0.3) is 0 Å². The van der Waals surface area contributed by atoms with Gasteiger partial charge in [-0.3, -0.25) is 9.59 Å². The van der Waals surface area contributed by atoms with Crippen LogP contribution in [0.1, 0.15) is 37.7 Å². The second-order valence-corrected chi connectivity index (χ2v) is 7.07. The molecule has 0 radical (unpaired) electrons. The van der Waals surface area contributed by atoms with Crippen molar-refractivity contribution in [2.45, 2.75) is 39.0 Å². The maximum absolute atomic E-state index is 12.5. The third-order valence-electron chi connectivity index (χ3n) is 4.81. The lowest BCUT2D eigenvalue weighted by Crippen LogP contribution is -2.34. The minimum Gasteiger partial charge on any atom is -0.342 e. The lowest BCUT2D eigenvalue weighted by atomic mass is 10.2. The summed E-state index contributed by atoms with van der Waals surface area (Å²) in [5, 5.41) is 3.59. The Morgan fingerprint density at radius 1 is 1.13 bits per heavy atom. The number of hydrogen-bond acceptors (Lipinski definition) is 2. The van der Waals surface area contributed by atoms with Crippen molar-refractivity contribution in [3.63, 3.8) is 0 Å². The molecule has 0 aromatic heterocycles. The summed E-state index contributed by atoms with van der Waals surface area (Å²) in [5.41, 5.74) is 1.70. The zero-order chi connectivity index (χ0) is 16.4. The molecule has 1 saturated heterocycles. The number of carbonyl (C=O) groups is 2. The van der Waals surface area contributed by atoms with Crippen molar-refractivity contribution in [3.05, 3.63) is 28.8 Å². The highest BCUT2D eigenvalue weighted by molar-refractivity contribution is 6.30. The van der Waals surface area contributed by atoms with Gasteiger partial charge in [0, 0.05) is 23.8 Å². The van der Waals surface area contributed by atoms with Crippen LogP contribution in [-0.2, 0) is 9.59 Å². The fourth-order valence-electron chi connectivity index (χ4n) is 3.28. The molecule has 124 valence electrons. The monoisotopic (exact) mass is 334 g/mol. The van der Waals surface area contributed by atoms with Crippen molar-refractivity contribution in [2.24, 2.45) is 11.8 Å². The van der Waals surface area contributed by atoms with E-state index < -0.39 is 0 Å². The largest absolute Gasteiger partial charge is 0.342 e. The number of anilines is 1. The van der Waals surface area contributed by atoms with Gasteiger partial charge in [0.2, 0.25) is 11.8 Å². The van der Waals surface area contributed by atoms with Gasteiger partial charge >= 0.3 is 0 Å². The summed E-state index contributed by atoms with van der Waals surface area (Å²) >= 11 is 5.93. The predicted octanol–water partition coefficient (Wildman–Crippen LogP) is 3.63. The van der Waals surface area contributed by atoms with E-state index in [1.54, 1.807) is 6.07 Å². The molecular weight excluding hydrogens is 312 g/mol. The molecule has 1 heterocycles. The number of rotatable bonds is 3. The summed E-state index contributed by atoms with van der Waals surface area (Å²) < 4.78 is 0. The summed E-state index contributed by atoms with van der Waals surface area (Å²) in [4.78, 5) is 26.8. The average molecular weight is 335 g/mol. The number of likely N-dealkylation sites (tertiary alicyclic amines) is 1. The van der Waals surface area contributed by atoms with E-state index in [2.05, 4.69) is 5.32 Å². The maximum Gasteiger partial charge on any atom is 0.228 e. The Morgan fingerprint density at radius 3 is 2.48 bits per heavy atom. The molecule has 0 spiro atoms. The second-order valence-electron chi connectivity index (χ2n) is 6.64. The van der Waals surface area contributed by atoms with Crippen LogP contribution in [0, 0.1) is 18.8 Å². The molecule has 1 saturated carbocycles. The van der Waals surface area contributed by atoms with Gasteiger partial charge in [0.15, 0.2) is 0 Å². The third kappa shape index (κ3) is 3.86. The van der Waals surface area contributed by atoms with Crippen molar-refractivity contribution in [3.8, 4) is 0 Å². The SMILES string of the molecule is Cc1cc(Cl)ccc1NC(=O)C1CC1C(=O)N1CCCCCC1. The average Bonchev–Trinajstić information content (AvgIpc) is 3.33. The lowest BCUT2D eigenvalue weighted by molar-refractivity contribution is -0.134. The Balaban J connectivity index is 1.56. The first-order chi connectivity index (χ1) is 11.1. The molecule has 1 aliphatic carbocycles. The molecule has 2 atom stereocenters. The number of hydrogen-bond donors (Lipinski definition) is 1. The van der Waals surface area contributed by atoms with Crippen LogP contribution < -0.4 is 5.32 Å². The van der Waals surface area contributed by atoms with Gasteiger partial charge in [0.25, 0.3) is 0 Å². The first kappa shape index (κ1) is 16.3. The number of carbonyl (C=O) groups excluding carboxylic acids is 2. The molecule has 2 amide bonds. The highest BCUT2D eigenvalue weighted by atomic mass is 35.5. The van der Waals surface area contributed by atoms with Gasteiger partial charge in [-0.25, -0.2) is 0 Å². The van der Waals surface area contributed by atoms with Crippen molar-refractivity contribution in [2.75, 3.05) is 18.4 Å². The smallest absolute Gasteiger partial charge is 0.228 e. The van der Waals surface area contributed by atoms with Gasteiger partial charge in [-0.1, -0.05) is 24.4 Å². The minimum absolute atomic E-state index is 0.0522. The zero-order valence-electron chi connectivity index (χ0n) is 13.5. The van der Waals surface area contributed by atoms with Crippen molar-refractivity contribution < 1.29 is 9.59 Å². The van der Waals surface area contributed by atoms with Crippen LogP contribution in [0.4, 0.5) is 5.69 Å². The Kier molecular flexibility index (Phi) is 4.90. The highest BCUT2D eigenvalue weighted by Gasteiger charge is 2.49. The number of amides is 2.